The number of aliphatic carboxylic acids is 1. The molecule has 2 unspecified atom stereocenters. The highest BCUT2D eigenvalue weighted by molar-refractivity contribution is 7.91. The predicted octanol–water partition coefficient (Wildman–Crippen LogP) is 6.96. The summed E-state index contributed by atoms with van der Waals surface area (Å²) in [6.45, 7) is 24.1. The standard InChI is InChI=1S/C43H74N2O7S/c1-27(2)29-13-18-43(44-26-31(28(3)46)45-21-23-53(50,51)24-22-45)20-19-41(9)30(36(29)43)11-12-33-40(8)16-15-34(52-35(47)25-38(4,5)37(48)49)39(6,7)32(40)14-17-42(33,41)10/h27-34,36,44,46H,11-26H2,1-10H3,(H,48,49)/t28?,29-,30+,31?,32-,33+,34-,36+,40-,41+,42+,43-/m0/s1. The van der Waals surface area contributed by atoms with E-state index in [2.05, 4.69) is 58.7 Å². The second-order valence-electron chi connectivity index (χ2n) is 21.4. The molecule has 0 radical (unpaired) electrons. The first-order chi connectivity index (χ1) is 24.4. The fourth-order valence-electron chi connectivity index (χ4n) is 14.5. The number of hydrogen-bond donors (Lipinski definition) is 3. The molecule has 0 bridgehead atoms. The van der Waals surface area contributed by atoms with Gasteiger partial charge in [-0.1, -0.05) is 48.5 Å². The van der Waals surface area contributed by atoms with Crippen LogP contribution < -0.4 is 5.32 Å². The Kier molecular flexibility index (Phi) is 10.9. The van der Waals surface area contributed by atoms with Gasteiger partial charge in [-0.2, -0.15) is 0 Å². The minimum atomic E-state index is -2.99. The summed E-state index contributed by atoms with van der Waals surface area (Å²) in [5, 5.41) is 24.8. The largest absolute Gasteiger partial charge is 0.481 e. The molecular weight excluding hydrogens is 689 g/mol. The zero-order chi connectivity index (χ0) is 39.2. The summed E-state index contributed by atoms with van der Waals surface area (Å²) in [6, 6.07) is -0.100. The summed E-state index contributed by atoms with van der Waals surface area (Å²) >= 11 is 0. The smallest absolute Gasteiger partial charge is 0.309 e. The average molecular weight is 763 g/mol. The van der Waals surface area contributed by atoms with Gasteiger partial charge in [0.05, 0.1) is 29.4 Å². The maximum absolute atomic E-state index is 13.1. The van der Waals surface area contributed by atoms with Crippen LogP contribution in [0.5, 0.6) is 0 Å². The van der Waals surface area contributed by atoms with E-state index in [0.29, 0.717) is 55.1 Å². The Labute approximate surface area is 321 Å². The second kappa shape index (κ2) is 14.0. The number of fused-ring (bicyclic) bond motifs is 7. The van der Waals surface area contributed by atoms with E-state index in [-0.39, 0.29) is 57.3 Å². The Bertz CT molecular complexity index is 1500. The Balaban J connectivity index is 1.23. The third-order valence-corrected chi connectivity index (χ3v) is 19.4. The highest BCUT2D eigenvalue weighted by Gasteiger charge is 2.71. The maximum Gasteiger partial charge on any atom is 0.309 e. The SMILES string of the molecule is CC(O)C(CN[C@]12CC[C@@H](C(C)C)[C@@H]1[C@H]1CC[C@@H]3[C@@]4(C)CC[C@H](OC(=O)CC(C)(C)C(=O)O)C(C)(C)[C@@H]4CC[C@@]3(C)[C@]1(C)CC2)N1CCS(=O)(=O)CC1. The van der Waals surface area contributed by atoms with E-state index in [1.54, 1.807) is 13.8 Å². The molecule has 0 spiro atoms. The van der Waals surface area contributed by atoms with Crippen LogP contribution in [0.4, 0.5) is 0 Å². The summed E-state index contributed by atoms with van der Waals surface area (Å²) in [7, 11) is -2.99. The van der Waals surface area contributed by atoms with Crippen LogP contribution in [-0.2, 0) is 24.2 Å². The summed E-state index contributed by atoms with van der Waals surface area (Å²) in [5.41, 5.74) is -0.767. The molecule has 10 heteroatoms. The van der Waals surface area contributed by atoms with Gasteiger partial charge < -0.3 is 20.3 Å². The van der Waals surface area contributed by atoms with Crippen LogP contribution in [-0.4, -0.2) is 90.4 Å². The van der Waals surface area contributed by atoms with Crippen LogP contribution in [0.1, 0.15) is 140 Å². The van der Waals surface area contributed by atoms with Crippen molar-refractivity contribution in [3.8, 4) is 0 Å². The molecule has 1 saturated heterocycles. The molecule has 5 saturated carbocycles. The van der Waals surface area contributed by atoms with Crippen molar-refractivity contribution in [2.24, 2.45) is 62.6 Å². The van der Waals surface area contributed by atoms with Crippen molar-refractivity contribution >= 4 is 21.8 Å². The summed E-state index contributed by atoms with van der Waals surface area (Å²) in [6.07, 6.45) is 10.5. The van der Waals surface area contributed by atoms with Gasteiger partial charge in [-0.15, -0.1) is 0 Å². The van der Waals surface area contributed by atoms with Gasteiger partial charge in [-0.05, 0) is 137 Å². The molecule has 53 heavy (non-hydrogen) atoms. The second-order valence-corrected chi connectivity index (χ2v) is 23.7. The number of nitrogens with zero attached hydrogens (tertiary/aromatic N) is 1. The number of carboxylic acids is 1. The van der Waals surface area contributed by atoms with Gasteiger partial charge in [-0.3, -0.25) is 14.5 Å². The summed E-state index contributed by atoms with van der Waals surface area (Å²) in [5.74, 6) is 2.43. The monoisotopic (exact) mass is 763 g/mol. The quantitative estimate of drug-likeness (QED) is 0.202. The first-order valence-corrected chi connectivity index (χ1v) is 23.1. The van der Waals surface area contributed by atoms with Gasteiger partial charge in [0.1, 0.15) is 6.10 Å². The fraction of sp³-hybridized carbons (Fsp3) is 0.953. The van der Waals surface area contributed by atoms with Crippen molar-refractivity contribution < 1.29 is 33.0 Å². The minimum absolute atomic E-state index is 0.0392. The molecule has 1 heterocycles. The number of carbonyl (C=O) groups excluding carboxylic acids is 1. The van der Waals surface area contributed by atoms with Crippen molar-refractivity contribution in [2.75, 3.05) is 31.1 Å². The average Bonchev–Trinajstić information content (AvgIpc) is 3.43. The highest BCUT2D eigenvalue weighted by Crippen LogP contribution is 2.76. The van der Waals surface area contributed by atoms with Crippen LogP contribution in [0.2, 0.25) is 0 Å². The molecule has 6 aliphatic rings. The van der Waals surface area contributed by atoms with Crippen LogP contribution in [0.15, 0.2) is 0 Å². The molecule has 12 atom stereocenters. The number of carboxylic acid groups (broad SMARTS) is 1. The number of aliphatic hydroxyl groups is 1. The first kappa shape index (κ1) is 41.4. The molecule has 0 amide bonds. The third-order valence-electron chi connectivity index (χ3n) is 17.8. The van der Waals surface area contributed by atoms with Crippen molar-refractivity contribution in [3.63, 3.8) is 0 Å². The number of sulfone groups is 1. The highest BCUT2D eigenvalue weighted by atomic mass is 32.2. The fourth-order valence-corrected chi connectivity index (χ4v) is 15.7. The topological polar surface area (TPSA) is 133 Å². The van der Waals surface area contributed by atoms with E-state index in [1.807, 2.05) is 6.92 Å². The van der Waals surface area contributed by atoms with Crippen molar-refractivity contribution in [2.45, 2.75) is 164 Å². The molecule has 1 aliphatic heterocycles. The zero-order valence-electron chi connectivity index (χ0n) is 34.8. The number of hydrogen-bond acceptors (Lipinski definition) is 8. The number of esters is 1. The normalized spacial score (nSPS) is 43.5. The van der Waals surface area contributed by atoms with E-state index in [1.165, 1.54) is 38.5 Å². The lowest BCUT2D eigenvalue weighted by molar-refractivity contribution is -0.247. The molecule has 0 aromatic rings. The molecule has 0 aromatic heterocycles. The van der Waals surface area contributed by atoms with E-state index in [0.717, 1.165) is 25.7 Å². The molecule has 0 aromatic carbocycles. The van der Waals surface area contributed by atoms with Gasteiger partial charge in [0.15, 0.2) is 9.84 Å². The van der Waals surface area contributed by atoms with Gasteiger partial charge in [0, 0.05) is 36.6 Å². The Morgan fingerprint density at radius 3 is 2.13 bits per heavy atom. The Morgan fingerprint density at radius 1 is 0.868 bits per heavy atom. The van der Waals surface area contributed by atoms with Crippen molar-refractivity contribution in [1.29, 1.82) is 0 Å². The molecule has 9 nitrogen and oxygen atoms in total. The minimum Gasteiger partial charge on any atom is -0.481 e. The van der Waals surface area contributed by atoms with E-state index in [9.17, 15) is 28.2 Å². The molecular formula is C43H74N2O7S. The number of ether oxygens (including phenoxy) is 1. The van der Waals surface area contributed by atoms with Crippen LogP contribution in [0.25, 0.3) is 0 Å². The van der Waals surface area contributed by atoms with E-state index < -0.39 is 33.3 Å². The van der Waals surface area contributed by atoms with Gasteiger partial charge in [-0.25, -0.2) is 8.42 Å². The van der Waals surface area contributed by atoms with E-state index in [4.69, 9.17) is 4.74 Å². The van der Waals surface area contributed by atoms with E-state index >= 15 is 0 Å². The molecule has 3 N–H and O–H groups in total. The van der Waals surface area contributed by atoms with Crippen molar-refractivity contribution in [1.82, 2.24) is 10.2 Å². The molecule has 6 fully saturated rings. The maximum atomic E-state index is 13.1. The first-order valence-electron chi connectivity index (χ1n) is 21.2. The zero-order valence-corrected chi connectivity index (χ0v) is 35.6. The van der Waals surface area contributed by atoms with Crippen LogP contribution in [0.3, 0.4) is 0 Å². The van der Waals surface area contributed by atoms with Crippen LogP contribution >= 0.6 is 0 Å². The summed E-state index contributed by atoms with van der Waals surface area (Å²) < 4.78 is 30.7. The lowest BCUT2D eigenvalue weighted by atomic mass is 9.32. The third kappa shape index (κ3) is 6.85. The number of nitrogens with one attached hydrogen (secondary N) is 1. The lowest BCUT2D eigenvalue weighted by Gasteiger charge is -2.73. The van der Waals surface area contributed by atoms with Gasteiger partial charge in [0.25, 0.3) is 0 Å². The Hall–Kier alpha value is -1.23. The number of carbonyl (C=O) groups is 2. The molecule has 6 rings (SSSR count). The van der Waals surface area contributed by atoms with Crippen molar-refractivity contribution in [3.05, 3.63) is 0 Å². The number of aliphatic hydroxyl groups excluding tert-OH is 1. The molecule has 5 aliphatic carbocycles. The lowest BCUT2D eigenvalue weighted by Crippen LogP contribution is -2.69. The van der Waals surface area contributed by atoms with Gasteiger partial charge >= 0.3 is 11.9 Å². The number of rotatable bonds is 10. The van der Waals surface area contributed by atoms with Crippen LogP contribution in [0, 0.1) is 62.6 Å². The predicted molar refractivity (Wildman–Crippen MR) is 209 cm³/mol. The summed E-state index contributed by atoms with van der Waals surface area (Å²) in [4.78, 5) is 27.1. The van der Waals surface area contributed by atoms with Gasteiger partial charge in [0.2, 0.25) is 0 Å². The Morgan fingerprint density at radius 2 is 1.53 bits per heavy atom. The molecule has 304 valence electrons.